The van der Waals surface area contributed by atoms with Gasteiger partial charge in [0.2, 0.25) is 5.91 Å². The molecule has 86 valence electrons. The second-order valence-electron chi connectivity index (χ2n) is 4.00. The molecule has 4 heteroatoms. The van der Waals surface area contributed by atoms with Crippen molar-refractivity contribution in [2.24, 2.45) is 0 Å². The third-order valence-corrected chi connectivity index (χ3v) is 2.77. The number of amides is 1. The number of hydrogen-bond acceptors (Lipinski definition) is 3. The molecule has 0 aromatic heterocycles. The van der Waals surface area contributed by atoms with Gasteiger partial charge in [0.1, 0.15) is 0 Å². The van der Waals surface area contributed by atoms with Gasteiger partial charge >= 0.3 is 0 Å². The normalized spacial score (nSPS) is 14.4. The minimum atomic E-state index is 0.172. The van der Waals surface area contributed by atoms with Crippen molar-refractivity contribution in [3.05, 3.63) is 29.3 Å². The monoisotopic (exact) mass is 219 g/mol. The number of fused-ring (bicyclic) bond motifs is 1. The fraction of sp³-hybridized carbons (Fsp3) is 0.417. The maximum atomic E-state index is 11.8. The van der Waals surface area contributed by atoms with Gasteiger partial charge in [-0.25, -0.2) is 0 Å². The Labute approximate surface area is 95.6 Å². The second-order valence-corrected chi connectivity index (χ2v) is 4.00. The highest BCUT2D eigenvalue weighted by atomic mass is 16.2. The number of hydrogen-bond donors (Lipinski definition) is 2. The molecule has 1 amide bonds. The molecule has 0 fully saturated rings. The van der Waals surface area contributed by atoms with Gasteiger partial charge in [0.15, 0.2) is 0 Å². The highest BCUT2D eigenvalue weighted by Gasteiger charge is 2.26. The quantitative estimate of drug-likeness (QED) is 0.774. The Kier molecular flexibility index (Phi) is 3.22. The predicted molar refractivity (Wildman–Crippen MR) is 64.3 cm³/mol. The summed E-state index contributed by atoms with van der Waals surface area (Å²) in [5.74, 6) is 0.172. The third kappa shape index (κ3) is 1.94. The van der Waals surface area contributed by atoms with Crippen LogP contribution in [0.25, 0.3) is 0 Å². The van der Waals surface area contributed by atoms with Gasteiger partial charge in [0, 0.05) is 12.2 Å². The highest BCUT2D eigenvalue weighted by Crippen LogP contribution is 2.29. The molecule has 1 aromatic carbocycles. The molecule has 1 heterocycles. The van der Waals surface area contributed by atoms with Crippen LogP contribution >= 0.6 is 0 Å². The number of nitrogens with one attached hydrogen (secondary N) is 2. The molecule has 4 nitrogen and oxygen atoms in total. The molecule has 1 aliphatic rings. The number of carbonyl (C=O) groups is 1. The maximum Gasteiger partial charge on any atom is 0.232 e. The first kappa shape index (κ1) is 11.1. The molecule has 2 N–H and O–H groups in total. The van der Waals surface area contributed by atoms with Gasteiger partial charge < -0.3 is 10.6 Å². The lowest BCUT2D eigenvalue weighted by atomic mass is 10.1. The topological polar surface area (TPSA) is 44.4 Å². The van der Waals surface area contributed by atoms with Gasteiger partial charge in [0.25, 0.3) is 0 Å². The van der Waals surface area contributed by atoms with E-state index in [1.165, 1.54) is 5.56 Å². The molecule has 0 aliphatic carbocycles. The minimum absolute atomic E-state index is 0.172. The summed E-state index contributed by atoms with van der Waals surface area (Å²) in [6, 6.07) is 6.21. The van der Waals surface area contributed by atoms with Crippen molar-refractivity contribution in [1.29, 1.82) is 0 Å². The van der Waals surface area contributed by atoms with E-state index >= 15 is 0 Å². The SMILES string of the molecule is CNCc1ccc2c(c1)CC(=O)N2CNC. The van der Waals surface area contributed by atoms with E-state index in [0.29, 0.717) is 13.1 Å². The fourth-order valence-electron chi connectivity index (χ4n) is 2.08. The van der Waals surface area contributed by atoms with E-state index in [1.807, 2.05) is 20.2 Å². The number of anilines is 1. The lowest BCUT2D eigenvalue weighted by Gasteiger charge is -2.16. The first-order valence-corrected chi connectivity index (χ1v) is 5.47. The van der Waals surface area contributed by atoms with E-state index in [2.05, 4.69) is 22.8 Å². The average molecular weight is 219 g/mol. The number of nitrogens with zero attached hydrogens (tertiary/aromatic N) is 1. The Balaban J connectivity index is 2.27. The van der Waals surface area contributed by atoms with Crippen molar-refractivity contribution < 1.29 is 4.79 Å². The van der Waals surface area contributed by atoms with Gasteiger partial charge in [-0.2, -0.15) is 0 Å². The van der Waals surface area contributed by atoms with Crippen LogP contribution < -0.4 is 15.5 Å². The van der Waals surface area contributed by atoms with Crippen LogP contribution in [0.4, 0.5) is 5.69 Å². The molecule has 0 bridgehead atoms. The first-order valence-electron chi connectivity index (χ1n) is 5.47. The lowest BCUT2D eigenvalue weighted by molar-refractivity contribution is -0.117. The summed E-state index contributed by atoms with van der Waals surface area (Å²) in [6.07, 6.45) is 0.522. The molecule has 0 saturated heterocycles. The van der Waals surface area contributed by atoms with E-state index < -0.39 is 0 Å². The van der Waals surface area contributed by atoms with E-state index in [1.54, 1.807) is 4.90 Å². The van der Waals surface area contributed by atoms with Crippen LogP contribution in [0.1, 0.15) is 11.1 Å². The molecule has 1 aromatic rings. The predicted octanol–water partition coefficient (Wildman–Crippen LogP) is 0.472. The summed E-state index contributed by atoms with van der Waals surface area (Å²) in [4.78, 5) is 13.6. The zero-order valence-corrected chi connectivity index (χ0v) is 9.71. The van der Waals surface area contributed by atoms with Crippen LogP contribution in [0.5, 0.6) is 0 Å². The van der Waals surface area contributed by atoms with Crippen LogP contribution in [0.15, 0.2) is 18.2 Å². The van der Waals surface area contributed by atoms with Gasteiger partial charge in [-0.1, -0.05) is 12.1 Å². The number of benzene rings is 1. The van der Waals surface area contributed by atoms with Crippen LogP contribution in [0, 0.1) is 0 Å². The van der Waals surface area contributed by atoms with E-state index in [-0.39, 0.29) is 5.91 Å². The summed E-state index contributed by atoms with van der Waals surface area (Å²) in [7, 11) is 3.77. The van der Waals surface area contributed by atoms with Crippen LogP contribution in [-0.4, -0.2) is 26.7 Å². The Hall–Kier alpha value is -1.39. The average Bonchev–Trinajstić information content (AvgIpc) is 2.56. The Morgan fingerprint density at radius 2 is 2.12 bits per heavy atom. The molecule has 0 radical (unpaired) electrons. The number of rotatable bonds is 4. The highest BCUT2D eigenvalue weighted by molar-refractivity contribution is 6.01. The van der Waals surface area contributed by atoms with Crippen molar-refractivity contribution in [1.82, 2.24) is 10.6 Å². The smallest absolute Gasteiger partial charge is 0.232 e. The third-order valence-electron chi connectivity index (χ3n) is 2.77. The molecule has 0 spiro atoms. The molecule has 2 rings (SSSR count). The van der Waals surface area contributed by atoms with Crippen molar-refractivity contribution >= 4 is 11.6 Å². The first-order chi connectivity index (χ1) is 7.76. The standard InChI is InChI=1S/C12H17N3O/c1-13-7-9-3-4-11-10(5-9)6-12(16)15(11)8-14-2/h3-5,13-14H,6-8H2,1-2H3. The Morgan fingerprint density at radius 1 is 1.31 bits per heavy atom. The summed E-state index contributed by atoms with van der Waals surface area (Å²) >= 11 is 0. The summed E-state index contributed by atoms with van der Waals surface area (Å²) in [5, 5.41) is 6.13. The Morgan fingerprint density at radius 3 is 2.81 bits per heavy atom. The minimum Gasteiger partial charge on any atom is -0.316 e. The summed E-state index contributed by atoms with van der Waals surface area (Å²) in [6.45, 7) is 1.42. The lowest BCUT2D eigenvalue weighted by Crippen LogP contribution is -2.34. The van der Waals surface area contributed by atoms with Crippen molar-refractivity contribution in [2.45, 2.75) is 13.0 Å². The summed E-state index contributed by atoms with van der Waals surface area (Å²) < 4.78 is 0. The zero-order valence-electron chi connectivity index (χ0n) is 9.71. The van der Waals surface area contributed by atoms with Gasteiger partial charge in [-0.05, 0) is 31.3 Å². The molecule has 0 unspecified atom stereocenters. The van der Waals surface area contributed by atoms with E-state index in [9.17, 15) is 4.79 Å². The van der Waals surface area contributed by atoms with Gasteiger partial charge in [0.05, 0.1) is 13.1 Å². The molecule has 16 heavy (non-hydrogen) atoms. The summed E-state index contributed by atoms with van der Waals surface area (Å²) in [5.41, 5.74) is 3.40. The van der Waals surface area contributed by atoms with Crippen molar-refractivity contribution in [3.8, 4) is 0 Å². The second kappa shape index (κ2) is 4.63. The van der Waals surface area contributed by atoms with Crippen molar-refractivity contribution in [2.75, 3.05) is 25.7 Å². The molecule has 0 saturated carbocycles. The van der Waals surface area contributed by atoms with Gasteiger partial charge in [-0.3, -0.25) is 9.69 Å². The molecular weight excluding hydrogens is 202 g/mol. The molecular formula is C12H17N3O. The zero-order chi connectivity index (χ0) is 11.5. The van der Waals surface area contributed by atoms with Crippen LogP contribution in [0.3, 0.4) is 0 Å². The largest absolute Gasteiger partial charge is 0.316 e. The fourth-order valence-corrected chi connectivity index (χ4v) is 2.08. The van der Waals surface area contributed by atoms with Gasteiger partial charge in [-0.15, -0.1) is 0 Å². The molecule has 1 aliphatic heterocycles. The molecule has 0 atom stereocenters. The van der Waals surface area contributed by atoms with Crippen molar-refractivity contribution in [3.63, 3.8) is 0 Å². The maximum absolute atomic E-state index is 11.8. The number of carbonyl (C=O) groups excluding carboxylic acids is 1. The van der Waals surface area contributed by atoms with Crippen LogP contribution in [-0.2, 0) is 17.8 Å². The van der Waals surface area contributed by atoms with Crippen LogP contribution in [0.2, 0.25) is 0 Å². The Bertz CT molecular complexity index is 403. The van der Waals surface area contributed by atoms with E-state index in [4.69, 9.17) is 0 Å². The van der Waals surface area contributed by atoms with E-state index in [0.717, 1.165) is 17.8 Å².